The number of urea groups is 1. The number of hydrogen-bond donors (Lipinski definition) is 2. The molecule has 0 fully saturated rings. The van der Waals surface area contributed by atoms with Gasteiger partial charge >= 0.3 is 12.0 Å². The molecule has 38 heavy (non-hydrogen) atoms. The van der Waals surface area contributed by atoms with Crippen LogP contribution in [0.2, 0.25) is 0 Å². The van der Waals surface area contributed by atoms with Crippen molar-refractivity contribution in [2.24, 2.45) is 0 Å². The molecule has 0 spiro atoms. The number of benzene rings is 4. The van der Waals surface area contributed by atoms with E-state index in [1.54, 1.807) is 18.2 Å². The van der Waals surface area contributed by atoms with Crippen LogP contribution in [0.4, 0.5) is 16.2 Å². The lowest BCUT2D eigenvalue weighted by Crippen LogP contribution is -2.20. The molecule has 2 amide bonds. The number of ether oxygens (including phenoxy) is 2. The van der Waals surface area contributed by atoms with E-state index < -0.39 is 18.1 Å². The lowest BCUT2D eigenvalue weighted by Gasteiger charge is -2.22. The standard InChI is InChI=1S/C32H32N2O4/c1-32(2,3)24-15-17-25(18-16-24)33-31(36)34-26-19-20-28(27(21-26)30(35)37-4)38-29(22-11-7-5-8-12-22)23-13-9-6-10-14-23/h5-21,29H,1-4H3,(H2,33,34,36). The highest BCUT2D eigenvalue weighted by molar-refractivity contribution is 6.01. The number of esters is 1. The maximum Gasteiger partial charge on any atom is 0.341 e. The summed E-state index contributed by atoms with van der Waals surface area (Å²) in [5.41, 5.74) is 4.37. The van der Waals surface area contributed by atoms with Crippen molar-refractivity contribution < 1.29 is 19.1 Å². The van der Waals surface area contributed by atoms with E-state index in [0.717, 1.165) is 11.1 Å². The Kier molecular flexibility index (Phi) is 8.12. The number of amides is 2. The fraction of sp³-hybridized carbons (Fsp3) is 0.188. The molecular weight excluding hydrogens is 476 g/mol. The summed E-state index contributed by atoms with van der Waals surface area (Å²) in [4.78, 5) is 25.4. The van der Waals surface area contributed by atoms with Crippen molar-refractivity contribution in [3.05, 3.63) is 125 Å². The van der Waals surface area contributed by atoms with Gasteiger partial charge in [-0.05, 0) is 52.4 Å². The first kappa shape index (κ1) is 26.5. The first-order chi connectivity index (χ1) is 18.2. The minimum Gasteiger partial charge on any atom is -0.480 e. The van der Waals surface area contributed by atoms with Gasteiger partial charge in [0, 0.05) is 11.4 Å². The smallest absolute Gasteiger partial charge is 0.341 e. The largest absolute Gasteiger partial charge is 0.480 e. The van der Waals surface area contributed by atoms with Crippen LogP contribution in [-0.4, -0.2) is 19.1 Å². The molecule has 6 heteroatoms. The molecule has 0 aliphatic heterocycles. The Balaban J connectivity index is 1.56. The Bertz CT molecular complexity index is 1340. The molecule has 0 aliphatic rings. The van der Waals surface area contributed by atoms with Gasteiger partial charge in [-0.3, -0.25) is 0 Å². The van der Waals surface area contributed by atoms with Crippen molar-refractivity contribution in [2.45, 2.75) is 32.3 Å². The van der Waals surface area contributed by atoms with Gasteiger partial charge in [-0.1, -0.05) is 93.6 Å². The van der Waals surface area contributed by atoms with Gasteiger partial charge in [0.25, 0.3) is 0 Å². The summed E-state index contributed by atoms with van der Waals surface area (Å²) in [6, 6.07) is 31.8. The van der Waals surface area contributed by atoms with Gasteiger partial charge in [-0.15, -0.1) is 0 Å². The number of methoxy groups -OCH3 is 1. The van der Waals surface area contributed by atoms with E-state index in [0.29, 0.717) is 17.1 Å². The lowest BCUT2D eigenvalue weighted by molar-refractivity contribution is 0.0594. The third-order valence-corrected chi connectivity index (χ3v) is 6.10. The minimum absolute atomic E-state index is 0.0227. The average Bonchev–Trinajstić information content (AvgIpc) is 2.92. The van der Waals surface area contributed by atoms with Gasteiger partial charge in [0.2, 0.25) is 0 Å². The lowest BCUT2D eigenvalue weighted by atomic mass is 9.87. The summed E-state index contributed by atoms with van der Waals surface area (Å²) < 4.78 is 11.4. The second kappa shape index (κ2) is 11.6. The molecule has 6 nitrogen and oxygen atoms in total. The third-order valence-electron chi connectivity index (χ3n) is 6.10. The van der Waals surface area contributed by atoms with Gasteiger partial charge in [0.15, 0.2) is 0 Å². The van der Waals surface area contributed by atoms with Crippen molar-refractivity contribution in [3.63, 3.8) is 0 Å². The predicted octanol–water partition coefficient (Wildman–Crippen LogP) is 7.58. The van der Waals surface area contributed by atoms with Crippen LogP contribution in [0, 0.1) is 0 Å². The second-order valence-electron chi connectivity index (χ2n) is 9.93. The zero-order valence-corrected chi connectivity index (χ0v) is 22.0. The maximum atomic E-state index is 12.7. The number of hydrogen-bond acceptors (Lipinski definition) is 4. The molecule has 0 atom stereocenters. The Hall–Kier alpha value is -4.58. The first-order valence-electron chi connectivity index (χ1n) is 12.4. The first-order valence-corrected chi connectivity index (χ1v) is 12.4. The highest BCUT2D eigenvalue weighted by atomic mass is 16.5. The minimum atomic E-state index is -0.568. The van der Waals surface area contributed by atoms with Crippen LogP contribution >= 0.6 is 0 Å². The van der Waals surface area contributed by atoms with Crippen molar-refractivity contribution in [3.8, 4) is 5.75 Å². The molecule has 4 aromatic rings. The highest BCUT2D eigenvalue weighted by Gasteiger charge is 2.21. The van der Waals surface area contributed by atoms with Crippen LogP contribution in [0.1, 0.15) is 53.9 Å². The molecular formula is C32H32N2O4. The Morgan fingerprint density at radius 1 is 0.711 bits per heavy atom. The normalized spacial score (nSPS) is 11.1. The van der Waals surface area contributed by atoms with Crippen LogP contribution < -0.4 is 15.4 Å². The zero-order chi connectivity index (χ0) is 27.1. The Morgan fingerprint density at radius 3 is 1.76 bits per heavy atom. The molecule has 0 heterocycles. The van der Waals surface area contributed by atoms with E-state index in [4.69, 9.17) is 9.47 Å². The topological polar surface area (TPSA) is 76.7 Å². The quantitative estimate of drug-likeness (QED) is 0.252. The van der Waals surface area contributed by atoms with Crippen LogP contribution in [0.3, 0.4) is 0 Å². The molecule has 0 aromatic heterocycles. The maximum absolute atomic E-state index is 12.7. The fourth-order valence-electron chi connectivity index (χ4n) is 4.04. The summed E-state index contributed by atoms with van der Waals surface area (Å²) in [6.45, 7) is 6.41. The SMILES string of the molecule is COC(=O)c1cc(NC(=O)Nc2ccc(C(C)(C)C)cc2)ccc1OC(c1ccccc1)c1ccccc1. The van der Waals surface area contributed by atoms with Crippen molar-refractivity contribution in [1.29, 1.82) is 0 Å². The van der Waals surface area contributed by atoms with Gasteiger partial charge in [-0.2, -0.15) is 0 Å². The van der Waals surface area contributed by atoms with Crippen LogP contribution in [0.5, 0.6) is 5.75 Å². The highest BCUT2D eigenvalue weighted by Crippen LogP contribution is 2.32. The Labute approximate surface area is 223 Å². The van der Waals surface area contributed by atoms with Gasteiger partial charge in [0.05, 0.1) is 7.11 Å². The van der Waals surface area contributed by atoms with E-state index in [1.165, 1.54) is 12.7 Å². The molecule has 4 aromatic carbocycles. The van der Waals surface area contributed by atoms with Gasteiger partial charge in [-0.25, -0.2) is 9.59 Å². The van der Waals surface area contributed by atoms with Gasteiger partial charge in [0.1, 0.15) is 17.4 Å². The molecule has 0 saturated carbocycles. The zero-order valence-electron chi connectivity index (χ0n) is 22.0. The molecule has 4 rings (SSSR count). The molecule has 2 N–H and O–H groups in total. The fourth-order valence-corrected chi connectivity index (χ4v) is 4.04. The summed E-state index contributed by atoms with van der Waals surface area (Å²) in [5.74, 6) is -0.222. The van der Waals surface area contributed by atoms with Crippen LogP contribution in [0.25, 0.3) is 0 Å². The average molecular weight is 509 g/mol. The molecule has 0 unspecified atom stereocenters. The van der Waals surface area contributed by atoms with Crippen LogP contribution in [-0.2, 0) is 10.2 Å². The number of carbonyl (C=O) groups excluding carboxylic acids is 2. The summed E-state index contributed by atoms with van der Waals surface area (Å²) in [5, 5.41) is 5.61. The van der Waals surface area contributed by atoms with Crippen molar-refractivity contribution in [2.75, 3.05) is 17.7 Å². The summed E-state index contributed by atoms with van der Waals surface area (Å²) >= 11 is 0. The predicted molar refractivity (Wildman–Crippen MR) is 151 cm³/mol. The monoisotopic (exact) mass is 508 g/mol. The molecule has 0 saturated heterocycles. The molecule has 0 aliphatic carbocycles. The number of carbonyl (C=O) groups is 2. The number of rotatable bonds is 7. The van der Waals surface area contributed by atoms with Crippen molar-refractivity contribution >= 4 is 23.4 Å². The van der Waals surface area contributed by atoms with Gasteiger partial charge < -0.3 is 20.1 Å². The molecule has 0 radical (unpaired) electrons. The van der Waals surface area contributed by atoms with Crippen molar-refractivity contribution in [1.82, 2.24) is 0 Å². The van der Waals surface area contributed by atoms with Crippen LogP contribution in [0.15, 0.2) is 103 Å². The van der Waals surface area contributed by atoms with E-state index in [2.05, 4.69) is 31.4 Å². The molecule has 0 bridgehead atoms. The summed E-state index contributed by atoms with van der Waals surface area (Å²) in [7, 11) is 1.31. The van der Waals surface area contributed by atoms with E-state index in [1.807, 2.05) is 84.9 Å². The van der Waals surface area contributed by atoms with E-state index >= 15 is 0 Å². The van der Waals surface area contributed by atoms with E-state index in [-0.39, 0.29) is 11.0 Å². The number of nitrogens with one attached hydrogen (secondary N) is 2. The number of anilines is 2. The summed E-state index contributed by atoms with van der Waals surface area (Å²) in [6.07, 6.45) is -0.445. The molecule has 194 valence electrons. The Morgan fingerprint density at radius 2 is 1.24 bits per heavy atom. The third kappa shape index (κ3) is 6.59. The second-order valence-corrected chi connectivity index (χ2v) is 9.93. The van der Waals surface area contributed by atoms with E-state index in [9.17, 15) is 9.59 Å².